The van der Waals surface area contributed by atoms with Gasteiger partial charge in [0.2, 0.25) is 0 Å². The number of aliphatic imine (C=N–C) groups is 1. The van der Waals surface area contributed by atoms with Crippen LogP contribution in [0.2, 0.25) is 0 Å². The summed E-state index contributed by atoms with van der Waals surface area (Å²) in [5.41, 5.74) is 13.9. The number of nitrogens with zero attached hydrogens (tertiary/aromatic N) is 3. The smallest absolute Gasteiger partial charge is 0.125 e. The van der Waals surface area contributed by atoms with Crippen molar-refractivity contribution < 1.29 is 4.74 Å². The predicted octanol–water partition coefficient (Wildman–Crippen LogP) is 2.07. The van der Waals surface area contributed by atoms with Crippen molar-refractivity contribution in [2.24, 2.45) is 10.7 Å². The Labute approximate surface area is 167 Å². The van der Waals surface area contributed by atoms with E-state index in [9.17, 15) is 0 Å². The number of hydrogen-bond acceptors (Lipinski definition) is 6. The molecule has 7 nitrogen and oxygen atoms in total. The molecule has 0 radical (unpaired) electrons. The average molecular weight is 385 g/mol. The van der Waals surface area contributed by atoms with Crippen molar-refractivity contribution >= 4 is 17.2 Å². The lowest BCUT2D eigenvalue weighted by atomic mass is 10.0. The second-order valence-corrected chi connectivity index (χ2v) is 8.13. The summed E-state index contributed by atoms with van der Waals surface area (Å²) < 4.78 is 6.01. The fourth-order valence-corrected chi connectivity index (χ4v) is 3.30. The fourth-order valence-electron chi connectivity index (χ4n) is 3.30. The Hall–Kier alpha value is -2.54. The molecule has 1 saturated heterocycles. The molecule has 2 aliphatic rings. The molecule has 1 aliphatic heterocycles. The minimum absolute atomic E-state index is 0.0862. The number of nitrogens with two attached hydrogens (primary N) is 2. The van der Waals surface area contributed by atoms with Crippen LogP contribution in [-0.2, 0) is 0 Å². The first-order valence-electron chi connectivity index (χ1n) is 9.79. The summed E-state index contributed by atoms with van der Waals surface area (Å²) in [4.78, 5) is 8.93. The summed E-state index contributed by atoms with van der Waals surface area (Å²) in [6.07, 6.45) is 3.87. The lowest BCUT2D eigenvalue weighted by Gasteiger charge is -2.38. The highest BCUT2D eigenvalue weighted by molar-refractivity contribution is 6.15. The van der Waals surface area contributed by atoms with Gasteiger partial charge in [-0.2, -0.15) is 0 Å². The normalized spacial score (nSPS) is 22.9. The first-order chi connectivity index (χ1) is 13.2. The summed E-state index contributed by atoms with van der Waals surface area (Å²) in [6.45, 7) is 7.01. The quantitative estimate of drug-likeness (QED) is 0.410. The molecule has 28 heavy (non-hydrogen) atoms. The van der Waals surface area contributed by atoms with Gasteiger partial charge in [-0.3, -0.25) is 10.4 Å². The van der Waals surface area contributed by atoms with E-state index < -0.39 is 0 Å². The minimum Gasteiger partial charge on any atom is -0.488 e. The van der Waals surface area contributed by atoms with Gasteiger partial charge in [0.1, 0.15) is 17.2 Å². The summed E-state index contributed by atoms with van der Waals surface area (Å²) in [5, 5.41) is 8.56. The van der Waals surface area contributed by atoms with Gasteiger partial charge in [0.05, 0.1) is 11.4 Å². The highest BCUT2D eigenvalue weighted by Gasteiger charge is 2.40. The maximum Gasteiger partial charge on any atom is 0.125 e. The molecule has 1 atom stereocenters. The van der Waals surface area contributed by atoms with Gasteiger partial charge in [-0.1, -0.05) is 0 Å². The molecule has 3 rings (SSSR count). The van der Waals surface area contributed by atoms with Crippen LogP contribution in [0, 0.1) is 5.41 Å². The zero-order valence-corrected chi connectivity index (χ0v) is 17.3. The number of nitrogens with one attached hydrogen (secondary N) is 1. The maximum atomic E-state index is 8.56. The number of hydrogen-bond donors (Lipinski definition) is 3. The number of nitrogen functional groups attached to an aromatic ring is 1. The zero-order valence-electron chi connectivity index (χ0n) is 17.3. The van der Waals surface area contributed by atoms with Gasteiger partial charge >= 0.3 is 0 Å². The number of ether oxygens (including phenoxy) is 1. The monoisotopic (exact) mass is 384 g/mol. The topological polar surface area (TPSA) is 104 Å². The van der Waals surface area contributed by atoms with Crippen LogP contribution < -0.4 is 16.2 Å². The van der Waals surface area contributed by atoms with Crippen molar-refractivity contribution in [3.8, 4) is 5.75 Å². The molecule has 1 saturated carbocycles. The van der Waals surface area contributed by atoms with E-state index in [2.05, 4.69) is 35.7 Å². The molecule has 1 aromatic carbocycles. The Morgan fingerprint density at radius 1 is 1.36 bits per heavy atom. The fraction of sp³-hybridized carbons (Fsp3) is 0.524. The Kier molecular flexibility index (Phi) is 5.65. The van der Waals surface area contributed by atoms with Crippen LogP contribution in [0.4, 0.5) is 5.69 Å². The van der Waals surface area contributed by atoms with Crippen molar-refractivity contribution in [2.75, 3.05) is 39.5 Å². The molecular formula is C21H32N6O. The summed E-state index contributed by atoms with van der Waals surface area (Å²) in [7, 11) is 3.88. The second kappa shape index (κ2) is 7.83. The lowest BCUT2D eigenvalue weighted by Crippen LogP contribution is -2.51. The van der Waals surface area contributed by atoms with Crippen LogP contribution in [0.15, 0.2) is 35.0 Å². The van der Waals surface area contributed by atoms with E-state index in [-0.39, 0.29) is 11.3 Å². The van der Waals surface area contributed by atoms with Crippen LogP contribution in [0.5, 0.6) is 5.75 Å². The number of anilines is 1. The van der Waals surface area contributed by atoms with E-state index in [0.717, 1.165) is 44.1 Å². The van der Waals surface area contributed by atoms with Gasteiger partial charge in [0.15, 0.2) is 0 Å². The number of benzene rings is 1. The molecule has 0 aromatic heterocycles. The van der Waals surface area contributed by atoms with Crippen molar-refractivity contribution in [3.63, 3.8) is 0 Å². The molecule has 7 heteroatoms. The molecule has 0 bridgehead atoms. The van der Waals surface area contributed by atoms with E-state index in [0.29, 0.717) is 23.0 Å². The molecular weight excluding hydrogens is 352 g/mol. The van der Waals surface area contributed by atoms with Crippen LogP contribution in [-0.4, -0.2) is 66.7 Å². The van der Waals surface area contributed by atoms with Gasteiger partial charge < -0.3 is 26.0 Å². The van der Waals surface area contributed by atoms with Gasteiger partial charge in [0, 0.05) is 50.1 Å². The third-order valence-corrected chi connectivity index (χ3v) is 5.70. The molecule has 0 unspecified atom stereocenters. The number of allylic oxidation sites excluding steroid dienone is 1. The molecule has 5 N–H and O–H groups in total. The second-order valence-electron chi connectivity index (χ2n) is 8.13. The highest BCUT2D eigenvalue weighted by atomic mass is 16.5. The Bertz CT molecular complexity index is 811. The minimum atomic E-state index is -0.0862. The van der Waals surface area contributed by atoms with E-state index in [4.69, 9.17) is 21.6 Å². The molecule has 1 aliphatic carbocycles. The number of amidine groups is 1. The number of piperazine rings is 1. The summed E-state index contributed by atoms with van der Waals surface area (Å²) >= 11 is 0. The van der Waals surface area contributed by atoms with Gasteiger partial charge in [-0.15, -0.1) is 0 Å². The molecule has 2 fully saturated rings. The molecule has 0 amide bonds. The highest BCUT2D eigenvalue weighted by Crippen LogP contribution is 2.40. The first-order valence-corrected chi connectivity index (χ1v) is 9.79. The van der Waals surface area contributed by atoms with Gasteiger partial charge in [-0.25, -0.2) is 0 Å². The third kappa shape index (κ3) is 4.47. The Morgan fingerprint density at radius 2 is 2.07 bits per heavy atom. The van der Waals surface area contributed by atoms with E-state index in [1.807, 2.05) is 12.1 Å². The van der Waals surface area contributed by atoms with Crippen LogP contribution >= 0.6 is 0 Å². The SMILES string of the molecule is CN=C(C=C(N)C(=N)c1cc(OC2(C)CC2)ccc1N)N1CCN(C)[C@@H](C)C1. The molecule has 1 heterocycles. The third-order valence-electron chi connectivity index (χ3n) is 5.70. The van der Waals surface area contributed by atoms with Crippen LogP contribution in [0.25, 0.3) is 0 Å². The molecule has 1 aromatic rings. The first kappa shape index (κ1) is 20.2. The van der Waals surface area contributed by atoms with E-state index in [1.165, 1.54) is 0 Å². The maximum absolute atomic E-state index is 8.56. The average Bonchev–Trinajstić information content (AvgIpc) is 3.39. The Balaban J connectivity index is 1.78. The van der Waals surface area contributed by atoms with Crippen LogP contribution in [0.3, 0.4) is 0 Å². The molecule has 152 valence electrons. The summed E-state index contributed by atoms with van der Waals surface area (Å²) in [6, 6.07) is 5.87. The van der Waals surface area contributed by atoms with E-state index in [1.54, 1.807) is 19.2 Å². The van der Waals surface area contributed by atoms with Crippen molar-refractivity contribution in [2.45, 2.75) is 38.3 Å². The number of rotatable bonds is 5. The van der Waals surface area contributed by atoms with E-state index >= 15 is 0 Å². The van der Waals surface area contributed by atoms with Gasteiger partial charge in [0.25, 0.3) is 0 Å². The van der Waals surface area contributed by atoms with Crippen molar-refractivity contribution in [3.05, 3.63) is 35.5 Å². The van der Waals surface area contributed by atoms with Crippen molar-refractivity contribution in [1.82, 2.24) is 9.80 Å². The van der Waals surface area contributed by atoms with Crippen molar-refractivity contribution in [1.29, 1.82) is 5.41 Å². The lowest BCUT2D eigenvalue weighted by molar-refractivity contribution is 0.153. The number of likely N-dealkylation sites (N-methyl/N-ethyl adjacent to an activating group) is 1. The summed E-state index contributed by atoms with van der Waals surface area (Å²) in [5.74, 6) is 1.51. The van der Waals surface area contributed by atoms with Gasteiger partial charge in [-0.05, 0) is 51.9 Å². The van der Waals surface area contributed by atoms with Crippen LogP contribution in [0.1, 0.15) is 32.3 Å². The molecule has 0 spiro atoms. The Morgan fingerprint density at radius 3 is 2.68 bits per heavy atom. The standard InChI is InChI=1S/C21H32N6O/c1-14-13-27(10-9-26(14)4)19(25-3)12-18(23)20(24)16-11-15(5-6-17(16)22)28-21(2)7-8-21/h5-6,11-12,14,24H,7-10,13,22-23H2,1-4H3/t14-/m0/s1. The largest absolute Gasteiger partial charge is 0.488 e. The zero-order chi connectivity index (χ0) is 20.5. The predicted molar refractivity (Wildman–Crippen MR) is 115 cm³/mol.